The van der Waals surface area contributed by atoms with Crippen molar-refractivity contribution in [1.29, 1.82) is 0 Å². The van der Waals surface area contributed by atoms with Gasteiger partial charge in [-0.1, -0.05) is 61.0 Å². The maximum absolute atomic E-state index is 12.8. The van der Waals surface area contributed by atoms with E-state index in [2.05, 4.69) is 97.9 Å². The number of imide groups is 1. The zero-order chi connectivity index (χ0) is 42.1. The lowest BCUT2D eigenvalue weighted by Gasteiger charge is -2.65. The molecule has 5 fully saturated rings. The minimum Gasteiger partial charge on any atom is -0.507 e. The van der Waals surface area contributed by atoms with E-state index in [4.69, 9.17) is 5.73 Å². The molecule has 0 radical (unpaired) electrons. The van der Waals surface area contributed by atoms with Gasteiger partial charge in [0.2, 0.25) is 17.7 Å². The number of primary amides is 1. The lowest BCUT2D eigenvalue weighted by Crippen LogP contribution is -2.68. The highest BCUT2D eigenvalue weighted by atomic mass is 16.3. The van der Waals surface area contributed by atoms with E-state index in [0.717, 1.165) is 82.5 Å². The van der Waals surface area contributed by atoms with Crippen molar-refractivity contribution in [2.45, 2.75) is 93.9 Å². The predicted octanol–water partition coefficient (Wildman–Crippen LogP) is 7.20. The molecule has 61 heavy (non-hydrogen) atoms. The molecule has 1 aliphatic carbocycles. The second-order valence-electron chi connectivity index (χ2n) is 18.9. The van der Waals surface area contributed by atoms with Crippen LogP contribution >= 0.6 is 0 Å². The minimum atomic E-state index is -0.257. The summed E-state index contributed by atoms with van der Waals surface area (Å²) in [6.07, 6.45) is 13.5. The highest BCUT2D eigenvalue weighted by Crippen LogP contribution is 2.60. The number of para-hydroxylation sites is 1. The van der Waals surface area contributed by atoms with Crippen molar-refractivity contribution in [1.82, 2.24) is 20.4 Å². The number of hydrogen-bond acceptors (Lipinski definition) is 9. The van der Waals surface area contributed by atoms with E-state index in [1.165, 1.54) is 36.9 Å². The average molecular weight is 824 g/mol. The number of rotatable bonds is 11. The summed E-state index contributed by atoms with van der Waals surface area (Å²) in [5.41, 5.74) is 12.0. The molecular formula is C50H61N7O4. The van der Waals surface area contributed by atoms with Crippen molar-refractivity contribution in [2.24, 2.45) is 29.4 Å². The number of carbonyl (C=O) groups is 3. The van der Waals surface area contributed by atoms with E-state index in [1.807, 2.05) is 24.4 Å². The average Bonchev–Trinajstić information content (AvgIpc) is 3.28. The van der Waals surface area contributed by atoms with E-state index in [9.17, 15) is 19.5 Å². The Balaban J connectivity index is 0.892. The number of carbonyl (C=O) groups excluding carboxylic acids is 3. The quantitative estimate of drug-likeness (QED) is 0.134. The Morgan fingerprint density at radius 2 is 1.56 bits per heavy atom. The first kappa shape index (κ1) is 41.1. The van der Waals surface area contributed by atoms with Crippen LogP contribution in [-0.4, -0.2) is 83.2 Å². The van der Waals surface area contributed by atoms with E-state index in [0.29, 0.717) is 41.9 Å². The molecule has 11 heteroatoms. The monoisotopic (exact) mass is 823 g/mol. The summed E-state index contributed by atoms with van der Waals surface area (Å²) in [6.45, 7) is 4.74. The standard InChI is InChI=1S/C50H61N7O4/c1-55-24-21-37(47(51)60)31-50(55)30-36(12-11-34-19-25-56(26-20-34)39-15-13-35(14-16-39)41-17-18-46(59)53-48(41)61)43(50)32-49(38-7-3-2-4-8-38)22-27-57(28-23-49)40-29-44(54-52-33-40)42-9-5-6-10-45(42)58/h2-10,13-16,29,33-34,36-37,41,43,58H,11-12,17-28,30-32H2,1H3,(H2,51,60)(H,53,59,61)/t36?,37?,41-,43?,50?/m1/s1. The molecule has 11 nitrogen and oxygen atoms in total. The van der Waals surface area contributed by atoms with Crippen LogP contribution in [0.1, 0.15) is 94.1 Å². The molecular weight excluding hydrogens is 763 g/mol. The molecule has 5 heterocycles. The third kappa shape index (κ3) is 8.25. The van der Waals surface area contributed by atoms with Crippen molar-refractivity contribution in [3.8, 4) is 17.0 Å². The topological polar surface area (TPSA) is 145 Å². The van der Waals surface area contributed by atoms with Crippen molar-refractivity contribution in [3.63, 3.8) is 0 Å². The molecule has 4 unspecified atom stereocenters. The summed E-state index contributed by atoms with van der Waals surface area (Å²) in [4.78, 5) is 44.4. The number of nitrogens with one attached hydrogen (secondary N) is 1. The number of nitrogens with zero attached hydrogens (tertiary/aromatic N) is 5. The fraction of sp³-hybridized carbons (Fsp3) is 0.500. The van der Waals surface area contributed by atoms with Gasteiger partial charge in [-0.25, -0.2) is 0 Å². The van der Waals surface area contributed by atoms with Crippen LogP contribution in [0.4, 0.5) is 11.4 Å². The number of hydrogen-bond donors (Lipinski definition) is 3. The van der Waals surface area contributed by atoms with E-state index in [-0.39, 0.29) is 46.3 Å². The minimum absolute atomic E-state index is 0.00527. The Labute approximate surface area is 360 Å². The van der Waals surface area contributed by atoms with Gasteiger partial charge in [0.05, 0.1) is 23.5 Å². The molecule has 1 saturated carbocycles. The van der Waals surface area contributed by atoms with Crippen LogP contribution in [0.25, 0.3) is 11.3 Å². The van der Waals surface area contributed by atoms with Crippen molar-refractivity contribution in [3.05, 3.63) is 102 Å². The lowest BCUT2D eigenvalue weighted by atomic mass is 9.48. The maximum Gasteiger partial charge on any atom is 0.234 e. The first-order valence-electron chi connectivity index (χ1n) is 22.7. The van der Waals surface area contributed by atoms with Crippen LogP contribution in [-0.2, 0) is 19.8 Å². The van der Waals surface area contributed by atoms with Gasteiger partial charge in [-0.15, -0.1) is 0 Å². The normalized spacial score (nSPS) is 27.1. The number of aromatic nitrogens is 2. The second-order valence-corrected chi connectivity index (χ2v) is 18.9. The third-order valence-corrected chi connectivity index (χ3v) is 15.8. The Morgan fingerprint density at radius 1 is 0.836 bits per heavy atom. The Morgan fingerprint density at radius 3 is 2.28 bits per heavy atom. The lowest BCUT2D eigenvalue weighted by molar-refractivity contribution is -0.145. The van der Waals surface area contributed by atoms with E-state index in [1.54, 1.807) is 6.07 Å². The number of aromatic hydroxyl groups is 1. The highest BCUT2D eigenvalue weighted by Gasteiger charge is 2.60. The molecule has 320 valence electrons. The summed E-state index contributed by atoms with van der Waals surface area (Å²) >= 11 is 0. The highest BCUT2D eigenvalue weighted by molar-refractivity contribution is 6.01. The van der Waals surface area contributed by atoms with Crippen molar-refractivity contribution in [2.75, 3.05) is 49.6 Å². The molecule has 1 aromatic heterocycles. The number of phenolic OH excluding ortho intramolecular Hbond substituents is 1. The van der Waals surface area contributed by atoms with Crippen LogP contribution in [0.15, 0.2) is 91.1 Å². The van der Waals surface area contributed by atoms with Gasteiger partial charge in [-0.3, -0.25) is 19.7 Å². The van der Waals surface area contributed by atoms with E-state index < -0.39 is 0 Å². The molecule has 0 bridgehead atoms. The zero-order valence-electron chi connectivity index (χ0n) is 35.6. The van der Waals surface area contributed by atoms with Crippen molar-refractivity contribution < 1.29 is 19.5 Å². The van der Waals surface area contributed by atoms with Gasteiger partial charge in [-0.2, -0.15) is 10.2 Å². The van der Waals surface area contributed by atoms with Gasteiger partial charge in [0.15, 0.2) is 0 Å². The third-order valence-electron chi connectivity index (χ3n) is 15.8. The van der Waals surface area contributed by atoms with Gasteiger partial charge in [0.25, 0.3) is 0 Å². The molecule has 3 aromatic carbocycles. The van der Waals surface area contributed by atoms with Crippen LogP contribution < -0.4 is 20.9 Å². The van der Waals surface area contributed by atoms with E-state index >= 15 is 0 Å². The molecule has 3 amide bonds. The van der Waals surface area contributed by atoms with Gasteiger partial charge in [0.1, 0.15) is 5.75 Å². The summed E-state index contributed by atoms with van der Waals surface area (Å²) in [6, 6.07) is 29.0. The number of likely N-dealkylation sites (tertiary alicyclic amines) is 1. The first-order valence-corrected chi connectivity index (χ1v) is 22.7. The van der Waals surface area contributed by atoms with Crippen molar-refractivity contribution >= 4 is 29.1 Å². The van der Waals surface area contributed by atoms with Crippen LogP contribution in [0, 0.1) is 23.7 Å². The molecule has 4 aliphatic heterocycles. The SMILES string of the molecule is CN1CCC(C(N)=O)CC12CC(CCC1CCN(c3ccc([C@H]4CCC(=O)NC4=O)cc3)CC1)C2CC1(c2ccccc2)CCN(c2cnnc(-c3ccccc3O)c2)CC1. The summed E-state index contributed by atoms with van der Waals surface area (Å²) < 4.78 is 0. The number of phenols is 1. The second kappa shape index (κ2) is 17.2. The van der Waals surface area contributed by atoms with Gasteiger partial charge >= 0.3 is 0 Å². The molecule has 4 saturated heterocycles. The van der Waals surface area contributed by atoms with Crippen LogP contribution in [0.5, 0.6) is 5.75 Å². The molecule has 4 aromatic rings. The largest absolute Gasteiger partial charge is 0.507 e. The number of nitrogens with two attached hydrogens (primary N) is 1. The number of anilines is 2. The van der Waals surface area contributed by atoms with Gasteiger partial charge in [0, 0.05) is 55.3 Å². The fourth-order valence-electron chi connectivity index (χ4n) is 12.1. The van der Waals surface area contributed by atoms with Gasteiger partial charge < -0.3 is 25.5 Å². The Kier molecular flexibility index (Phi) is 11.6. The smallest absolute Gasteiger partial charge is 0.234 e. The molecule has 9 rings (SSSR count). The maximum atomic E-state index is 12.8. The molecule has 5 aliphatic rings. The number of amides is 3. The summed E-state index contributed by atoms with van der Waals surface area (Å²) in [5.74, 6) is 1.09. The Bertz CT molecular complexity index is 2200. The number of piperidine rings is 4. The van der Waals surface area contributed by atoms with Crippen LogP contribution in [0.2, 0.25) is 0 Å². The van der Waals surface area contributed by atoms with Gasteiger partial charge in [-0.05, 0) is 142 Å². The predicted molar refractivity (Wildman–Crippen MR) is 238 cm³/mol. The first-order chi connectivity index (χ1) is 29.6. The molecule has 1 spiro atoms. The zero-order valence-corrected chi connectivity index (χ0v) is 35.6. The molecule has 4 N–H and O–H groups in total. The fourth-order valence-corrected chi connectivity index (χ4v) is 12.1. The number of benzene rings is 3. The molecule has 5 atom stereocenters. The van der Waals surface area contributed by atoms with Crippen LogP contribution in [0.3, 0.4) is 0 Å². The Hall–Kier alpha value is -5.29. The summed E-state index contributed by atoms with van der Waals surface area (Å²) in [5, 5.41) is 21.8. The summed E-state index contributed by atoms with van der Waals surface area (Å²) in [7, 11) is 2.30.